The number of aromatic nitrogens is 1. The highest BCUT2D eigenvalue weighted by Crippen LogP contribution is 2.07. The summed E-state index contributed by atoms with van der Waals surface area (Å²) in [6, 6.07) is 0. The van der Waals surface area contributed by atoms with Gasteiger partial charge in [0.2, 0.25) is 0 Å². The molecule has 2 heteroatoms. The van der Waals surface area contributed by atoms with E-state index in [4.69, 9.17) is 4.42 Å². The first kappa shape index (κ1) is 8.31. The molecule has 0 aromatic carbocycles. The topological polar surface area (TPSA) is 26.0 Å². The Kier molecular flexibility index (Phi) is 3.14. The van der Waals surface area contributed by atoms with E-state index in [9.17, 15) is 0 Å². The fourth-order valence-electron chi connectivity index (χ4n) is 0.997. The second kappa shape index (κ2) is 4.16. The first-order valence-corrected chi connectivity index (χ1v) is 4.03. The van der Waals surface area contributed by atoms with Gasteiger partial charge in [-0.15, -0.1) is 0 Å². The Morgan fingerprint density at radius 2 is 2.36 bits per heavy atom. The highest BCUT2D eigenvalue weighted by Gasteiger charge is 1.97. The molecule has 0 spiro atoms. The number of rotatable bonds is 4. The van der Waals surface area contributed by atoms with Gasteiger partial charge in [-0.3, -0.25) is 0 Å². The van der Waals surface area contributed by atoms with Crippen LogP contribution in [0, 0.1) is 13.8 Å². The molecule has 0 saturated heterocycles. The Morgan fingerprint density at radius 1 is 1.55 bits per heavy atom. The van der Waals surface area contributed by atoms with Crippen molar-refractivity contribution in [2.75, 3.05) is 0 Å². The summed E-state index contributed by atoms with van der Waals surface area (Å²) in [6.45, 7) is 5.64. The van der Waals surface area contributed by atoms with E-state index in [-0.39, 0.29) is 0 Å². The molecule has 0 aliphatic carbocycles. The third-order valence-corrected chi connectivity index (χ3v) is 1.59. The van der Waals surface area contributed by atoms with Gasteiger partial charge >= 0.3 is 0 Å². The molecule has 0 aliphatic rings. The van der Waals surface area contributed by atoms with Crippen LogP contribution in [0.4, 0.5) is 0 Å². The fourth-order valence-corrected chi connectivity index (χ4v) is 0.997. The molecule has 0 unspecified atom stereocenters. The molecule has 0 amide bonds. The normalized spacial score (nSPS) is 10.4. The number of aryl methyl sites for hydroxylation is 2. The minimum absolute atomic E-state index is 0.759. The van der Waals surface area contributed by atoms with Crippen molar-refractivity contribution in [2.45, 2.75) is 32.6 Å². The van der Waals surface area contributed by atoms with Crippen molar-refractivity contribution < 1.29 is 4.42 Å². The average Bonchev–Trinajstić information content (AvgIpc) is 2.37. The molecule has 0 N–H and O–H groups in total. The third kappa shape index (κ3) is 2.74. The first-order valence-electron chi connectivity index (χ1n) is 4.03. The second-order valence-electron chi connectivity index (χ2n) is 2.66. The van der Waals surface area contributed by atoms with Crippen LogP contribution in [0.2, 0.25) is 0 Å². The van der Waals surface area contributed by atoms with Crippen molar-refractivity contribution >= 4 is 0 Å². The summed E-state index contributed by atoms with van der Waals surface area (Å²) in [5, 5.41) is 0. The van der Waals surface area contributed by atoms with E-state index in [1.54, 1.807) is 6.20 Å². The lowest BCUT2D eigenvalue weighted by Crippen LogP contribution is -1.80. The summed E-state index contributed by atoms with van der Waals surface area (Å²) in [5.74, 6) is 1.76. The Bertz CT molecular complexity index is 205. The average molecular weight is 152 g/mol. The summed E-state index contributed by atoms with van der Waals surface area (Å²) >= 11 is 0. The maximum absolute atomic E-state index is 5.30. The number of nitrogens with zero attached hydrogens (tertiary/aromatic N) is 1. The van der Waals surface area contributed by atoms with Gasteiger partial charge in [-0.1, -0.05) is 19.8 Å². The van der Waals surface area contributed by atoms with Gasteiger partial charge in [-0.2, -0.15) is 0 Å². The molecule has 1 heterocycles. The van der Waals surface area contributed by atoms with Crippen LogP contribution in [0.5, 0.6) is 0 Å². The highest BCUT2D eigenvalue weighted by molar-refractivity contribution is 4.92. The van der Waals surface area contributed by atoms with Gasteiger partial charge in [0.1, 0.15) is 5.76 Å². The quantitative estimate of drug-likeness (QED) is 0.619. The van der Waals surface area contributed by atoms with Crippen LogP contribution in [0.25, 0.3) is 0 Å². The lowest BCUT2D eigenvalue weighted by atomic mass is 10.2. The Hall–Kier alpha value is -0.790. The van der Waals surface area contributed by atoms with Gasteiger partial charge in [0, 0.05) is 13.3 Å². The second-order valence-corrected chi connectivity index (χ2v) is 2.66. The van der Waals surface area contributed by atoms with Gasteiger partial charge in [0.05, 0.1) is 6.20 Å². The van der Waals surface area contributed by atoms with Crippen molar-refractivity contribution in [2.24, 2.45) is 0 Å². The van der Waals surface area contributed by atoms with Crippen LogP contribution < -0.4 is 0 Å². The van der Waals surface area contributed by atoms with Crippen LogP contribution in [-0.4, -0.2) is 4.98 Å². The third-order valence-electron chi connectivity index (χ3n) is 1.59. The van der Waals surface area contributed by atoms with Crippen LogP contribution in [0.1, 0.15) is 30.9 Å². The number of oxazole rings is 1. The van der Waals surface area contributed by atoms with Gasteiger partial charge in [0.15, 0.2) is 5.89 Å². The summed E-state index contributed by atoms with van der Waals surface area (Å²) < 4.78 is 5.30. The molecule has 1 radical (unpaired) electrons. The first-order chi connectivity index (χ1) is 5.33. The molecule has 0 atom stereocenters. The Morgan fingerprint density at radius 3 is 2.91 bits per heavy atom. The summed E-state index contributed by atoms with van der Waals surface area (Å²) in [7, 11) is 0. The van der Waals surface area contributed by atoms with Crippen molar-refractivity contribution in [3.05, 3.63) is 24.8 Å². The standard InChI is InChI=1S/C9H14NO/c1-3-4-5-6-9-7-10-8(2)11-9/h7H,1,3-6H2,2H3. The molecule has 61 valence electrons. The van der Waals surface area contributed by atoms with E-state index >= 15 is 0 Å². The molecule has 0 aliphatic heterocycles. The van der Waals surface area contributed by atoms with Crippen molar-refractivity contribution in [3.8, 4) is 0 Å². The predicted octanol–water partition coefficient (Wildman–Crippen LogP) is 2.53. The lowest BCUT2D eigenvalue weighted by Gasteiger charge is -1.92. The number of hydrogen-bond acceptors (Lipinski definition) is 2. The Labute approximate surface area is 67.6 Å². The summed E-state index contributed by atoms with van der Waals surface area (Å²) in [6.07, 6.45) is 6.12. The minimum atomic E-state index is 0.759. The van der Waals surface area contributed by atoms with Crippen molar-refractivity contribution in [3.63, 3.8) is 0 Å². The van der Waals surface area contributed by atoms with Crippen LogP contribution in [-0.2, 0) is 6.42 Å². The van der Waals surface area contributed by atoms with E-state index in [0.717, 1.165) is 30.9 Å². The van der Waals surface area contributed by atoms with Crippen LogP contribution >= 0.6 is 0 Å². The van der Waals surface area contributed by atoms with Gasteiger partial charge in [-0.05, 0) is 6.42 Å². The van der Waals surface area contributed by atoms with Gasteiger partial charge < -0.3 is 4.42 Å². The van der Waals surface area contributed by atoms with E-state index in [1.165, 1.54) is 6.42 Å². The number of hydrogen-bond donors (Lipinski definition) is 0. The van der Waals surface area contributed by atoms with Gasteiger partial charge in [-0.25, -0.2) is 4.98 Å². The van der Waals surface area contributed by atoms with Crippen molar-refractivity contribution in [1.82, 2.24) is 4.98 Å². The zero-order valence-corrected chi connectivity index (χ0v) is 6.97. The number of unbranched alkanes of at least 4 members (excludes halogenated alkanes) is 2. The van der Waals surface area contributed by atoms with Gasteiger partial charge in [0.25, 0.3) is 0 Å². The molecule has 11 heavy (non-hydrogen) atoms. The molecule has 1 rings (SSSR count). The fraction of sp³-hybridized carbons (Fsp3) is 0.556. The zero-order chi connectivity index (χ0) is 8.10. The maximum atomic E-state index is 5.30. The van der Waals surface area contributed by atoms with E-state index in [2.05, 4.69) is 11.9 Å². The molecule has 0 saturated carbocycles. The molecule has 1 aromatic heterocycles. The van der Waals surface area contributed by atoms with Crippen LogP contribution in [0.15, 0.2) is 10.6 Å². The van der Waals surface area contributed by atoms with Crippen LogP contribution in [0.3, 0.4) is 0 Å². The maximum Gasteiger partial charge on any atom is 0.191 e. The molecule has 0 fully saturated rings. The lowest BCUT2D eigenvalue weighted by molar-refractivity contribution is 0.467. The smallest absolute Gasteiger partial charge is 0.191 e. The van der Waals surface area contributed by atoms with E-state index < -0.39 is 0 Å². The molecule has 1 aromatic rings. The Balaban J connectivity index is 2.27. The molecule has 2 nitrogen and oxygen atoms in total. The van der Waals surface area contributed by atoms with E-state index in [0.29, 0.717) is 0 Å². The zero-order valence-electron chi connectivity index (χ0n) is 6.97. The SMILES string of the molecule is [CH2]CCCCc1cnc(C)o1. The summed E-state index contributed by atoms with van der Waals surface area (Å²) in [4.78, 5) is 4.01. The van der Waals surface area contributed by atoms with E-state index in [1.807, 2.05) is 6.92 Å². The molecule has 0 bridgehead atoms. The minimum Gasteiger partial charge on any atom is -0.446 e. The monoisotopic (exact) mass is 152 g/mol. The highest BCUT2D eigenvalue weighted by atomic mass is 16.3. The molecular formula is C9H14NO. The predicted molar refractivity (Wildman–Crippen MR) is 44.2 cm³/mol. The molecular weight excluding hydrogens is 138 g/mol. The van der Waals surface area contributed by atoms with Crippen molar-refractivity contribution in [1.29, 1.82) is 0 Å². The largest absolute Gasteiger partial charge is 0.446 e. The summed E-state index contributed by atoms with van der Waals surface area (Å²) in [5.41, 5.74) is 0.